The summed E-state index contributed by atoms with van der Waals surface area (Å²) in [5, 5.41) is 8.75. The van der Waals surface area contributed by atoms with Crippen LogP contribution in [0.3, 0.4) is 0 Å². The van der Waals surface area contributed by atoms with Crippen LogP contribution in [0.2, 0.25) is 0 Å². The molecule has 0 saturated carbocycles. The monoisotopic (exact) mass is 227 g/mol. The highest BCUT2D eigenvalue weighted by atomic mass is 35.5. The van der Waals surface area contributed by atoms with E-state index in [1.807, 2.05) is 0 Å². The molecule has 0 aliphatic heterocycles. The summed E-state index contributed by atoms with van der Waals surface area (Å²) in [7, 11) is 0. The third-order valence-corrected chi connectivity index (χ3v) is 2.14. The SMILES string of the molecule is Cc1cc(=O)c(C(=O)O)cn1C/C=C/Cl. The molecule has 1 N–H and O–H groups in total. The number of rotatable bonds is 3. The summed E-state index contributed by atoms with van der Waals surface area (Å²) in [6.45, 7) is 2.17. The minimum absolute atomic E-state index is 0.233. The zero-order chi connectivity index (χ0) is 11.4. The number of pyridine rings is 1. The lowest BCUT2D eigenvalue weighted by molar-refractivity contribution is 0.0694. The molecular weight excluding hydrogens is 218 g/mol. The van der Waals surface area contributed by atoms with Gasteiger partial charge in [-0.3, -0.25) is 4.79 Å². The molecule has 0 unspecified atom stereocenters. The standard InChI is InChI=1S/C10H10ClNO3/c1-7-5-9(13)8(10(14)15)6-12(7)4-2-3-11/h2-3,5-6H,4H2,1H3,(H,14,15)/b3-2+. The van der Waals surface area contributed by atoms with Crippen LogP contribution in [0, 0.1) is 6.92 Å². The van der Waals surface area contributed by atoms with E-state index >= 15 is 0 Å². The number of aromatic carboxylic acids is 1. The predicted octanol–water partition coefficient (Wildman–Crippen LogP) is 1.61. The Morgan fingerprint density at radius 2 is 2.33 bits per heavy atom. The molecule has 0 amide bonds. The molecule has 0 aliphatic carbocycles. The van der Waals surface area contributed by atoms with Crippen LogP contribution in [0.15, 0.2) is 28.7 Å². The lowest BCUT2D eigenvalue weighted by Gasteiger charge is -2.08. The first-order chi connectivity index (χ1) is 7.06. The number of hydrogen-bond donors (Lipinski definition) is 1. The van der Waals surface area contributed by atoms with Gasteiger partial charge in [0.15, 0.2) is 5.43 Å². The molecule has 1 heterocycles. The lowest BCUT2D eigenvalue weighted by Crippen LogP contribution is -2.18. The number of nitrogens with zero attached hydrogens (tertiary/aromatic N) is 1. The summed E-state index contributed by atoms with van der Waals surface area (Å²) >= 11 is 5.37. The van der Waals surface area contributed by atoms with Crippen LogP contribution in [0.1, 0.15) is 16.1 Å². The Morgan fingerprint density at radius 1 is 1.67 bits per heavy atom. The Morgan fingerprint density at radius 3 is 2.87 bits per heavy atom. The van der Waals surface area contributed by atoms with Crippen molar-refractivity contribution >= 4 is 17.6 Å². The molecule has 0 aromatic carbocycles. The smallest absolute Gasteiger partial charge is 0.341 e. The van der Waals surface area contributed by atoms with Gasteiger partial charge in [0.2, 0.25) is 0 Å². The fourth-order valence-electron chi connectivity index (χ4n) is 1.18. The van der Waals surface area contributed by atoms with Gasteiger partial charge in [-0.2, -0.15) is 0 Å². The highest BCUT2D eigenvalue weighted by Crippen LogP contribution is 2.00. The first-order valence-corrected chi connectivity index (χ1v) is 4.69. The number of carbonyl (C=O) groups is 1. The van der Waals surface area contributed by atoms with Crippen LogP contribution in [0.4, 0.5) is 0 Å². The van der Waals surface area contributed by atoms with E-state index in [1.54, 1.807) is 17.6 Å². The number of carboxylic acids is 1. The van der Waals surface area contributed by atoms with Crippen molar-refractivity contribution in [2.75, 3.05) is 0 Å². The summed E-state index contributed by atoms with van der Waals surface area (Å²) in [5.74, 6) is -1.22. The molecule has 5 heteroatoms. The molecule has 0 aliphatic rings. The number of carboxylic acid groups (broad SMARTS) is 1. The molecular formula is C10H10ClNO3. The van der Waals surface area contributed by atoms with E-state index in [0.29, 0.717) is 12.2 Å². The quantitative estimate of drug-likeness (QED) is 0.854. The topological polar surface area (TPSA) is 59.3 Å². The first kappa shape index (κ1) is 11.5. The van der Waals surface area contributed by atoms with Crippen LogP contribution < -0.4 is 5.43 Å². The predicted molar refractivity (Wildman–Crippen MR) is 57.4 cm³/mol. The zero-order valence-corrected chi connectivity index (χ0v) is 8.86. The van der Waals surface area contributed by atoms with Gasteiger partial charge in [-0.05, 0) is 6.92 Å². The Bertz CT molecular complexity index is 462. The van der Waals surface area contributed by atoms with Gasteiger partial charge in [0.1, 0.15) is 5.56 Å². The Labute approximate surface area is 91.4 Å². The maximum absolute atomic E-state index is 11.3. The highest BCUT2D eigenvalue weighted by molar-refractivity contribution is 6.25. The van der Waals surface area contributed by atoms with Gasteiger partial charge in [0.25, 0.3) is 0 Å². The third-order valence-electron chi connectivity index (χ3n) is 1.97. The first-order valence-electron chi connectivity index (χ1n) is 4.26. The van der Waals surface area contributed by atoms with Gasteiger partial charge in [0.05, 0.1) is 0 Å². The molecule has 0 atom stereocenters. The molecule has 4 nitrogen and oxygen atoms in total. The molecule has 0 bridgehead atoms. The number of aromatic nitrogens is 1. The van der Waals surface area contributed by atoms with E-state index < -0.39 is 11.4 Å². The van der Waals surface area contributed by atoms with Gasteiger partial charge < -0.3 is 9.67 Å². The summed E-state index contributed by atoms with van der Waals surface area (Å²) in [5.41, 5.74) is 1.33. The van der Waals surface area contributed by atoms with Gasteiger partial charge in [0, 0.05) is 30.0 Å². The third kappa shape index (κ3) is 2.70. The van der Waals surface area contributed by atoms with Gasteiger partial charge in [-0.15, -0.1) is 0 Å². The molecule has 1 aromatic rings. The van der Waals surface area contributed by atoms with Gasteiger partial charge in [-0.1, -0.05) is 17.7 Å². The van der Waals surface area contributed by atoms with Crippen LogP contribution in [0.5, 0.6) is 0 Å². The van der Waals surface area contributed by atoms with E-state index in [0.717, 1.165) is 0 Å². The second-order valence-corrected chi connectivity index (χ2v) is 3.26. The summed E-state index contributed by atoms with van der Waals surface area (Å²) < 4.78 is 1.64. The second kappa shape index (κ2) is 4.79. The Hall–Kier alpha value is -1.55. The van der Waals surface area contributed by atoms with Crippen molar-refractivity contribution in [1.82, 2.24) is 4.57 Å². The number of aryl methyl sites for hydroxylation is 1. The number of allylic oxidation sites excluding steroid dienone is 1. The maximum atomic E-state index is 11.3. The summed E-state index contributed by atoms with van der Waals surface area (Å²) in [4.78, 5) is 22.0. The molecule has 1 aromatic heterocycles. The molecule has 15 heavy (non-hydrogen) atoms. The summed E-state index contributed by atoms with van der Waals surface area (Å²) in [6, 6.07) is 1.30. The molecule has 0 fully saturated rings. The van der Waals surface area contributed by atoms with Gasteiger partial charge in [-0.25, -0.2) is 4.79 Å². The van der Waals surface area contributed by atoms with Crippen molar-refractivity contribution in [2.24, 2.45) is 0 Å². The van der Waals surface area contributed by atoms with Crippen LogP contribution >= 0.6 is 11.6 Å². The van der Waals surface area contributed by atoms with Crippen molar-refractivity contribution in [3.8, 4) is 0 Å². The van der Waals surface area contributed by atoms with E-state index in [4.69, 9.17) is 16.7 Å². The van der Waals surface area contributed by atoms with Crippen LogP contribution in [0.25, 0.3) is 0 Å². The van der Waals surface area contributed by atoms with Gasteiger partial charge >= 0.3 is 5.97 Å². The fourth-order valence-corrected chi connectivity index (χ4v) is 1.26. The zero-order valence-electron chi connectivity index (χ0n) is 8.11. The van der Waals surface area contributed by atoms with Crippen molar-refractivity contribution in [3.63, 3.8) is 0 Å². The van der Waals surface area contributed by atoms with Crippen molar-refractivity contribution in [2.45, 2.75) is 13.5 Å². The van der Waals surface area contributed by atoms with Crippen molar-refractivity contribution in [1.29, 1.82) is 0 Å². The molecule has 1 rings (SSSR count). The Kier molecular flexibility index (Phi) is 3.68. The number of hydrogen-bond acceptors (Lipinski definition) is 2. The maximum Gasteiger partial charge on any atom is 0.341 e. The Balaban J connectivity index is 3.23. The molecule has 0 radical (unpaired) electrons. The molecule has 0 saturated heterocycles. The molecule has 80 valence electrons. The number of halogens is 1. The van der Waals surface area contributed by atoms with Crippen LogP contribution in [-0.4, -0.2) is 15.6 Å². The highest BCUT2D eigenvalue weighted by Gasteiger charge is 2.09. The van der Waals surface area contributed by atoms with E-state index in [9.17, 15) is 9.59 Å². The summed E-state index contributed by atoms with van der Waals surface area (Å²) in [6.07, 6.45) is 2.97. The van der Waals surface area contributed by atoms with Crippen LogP contribution in [-0.2, 0) is 6.54 Å². The van der Waals surface area contributed by atoms with Crippen molar-refractivity contribution in [3.05, 3.63) is 45.4 Å². The molecule has 0 spiro atoms. The minimum Gasteiger partial charge on any atom is -0.477 e. The second-order valence-electron chi connectivity index (χ2n) is 3.01. The average molecular weight is 228 g/mol. The lowest BCUT2D eigenvalue weighted by atomic mass is 10.2. The minimum atomic E-state index is -1.22. The average Bonchev–Trinajstić information content (AvgIpc) is 2.16. The van der Waals surface area contributed by atoms with E-state index in [1.165, 1.54) is 17.8 Å². The largest absolute Gasteiger partial charge is 0.477 e. The normalized spacial score (nSPS) is 10.8. The van der Waals surface area contributed by atoms with E-state index in [-0.39, 0.29) is 5.56 Å². The fraction of sp³-hybridized carbons (Fsp3) is 0.200. The van der Waals surface area contributed by atoms with E-state index in [2.05, 4.69) is 0 Å². The van der Waals surface area contributed by atoms with Crippen molar-refractivity contribution < 1.29 is 9.90 Å².